The molecular weight excluding hydrogens is 424 g/mol. The first kappa shape index (κ1) is 20.1. The van der Waals surface area contributed by atoms with E-state index in [1.165, 1.54) is 0 Å². The summed E-state index contributed by atoms with van der Waals surface area (Å²) in [5, 5.41) is 15.1. The normalized spacial score (nSPS) is 10.7. The lowest BCUT2D eigenvalue weighted by molar-refractivity contribution is 0.282. The Bertz CT molecular complexity index is 887. The number of benzene rings is 1. The summed E-state index contributed by atoms with van der Waals surface area (Å²) in [6.45, 7) is 3.90. The number of aryl methyl sites for hydroxylation is 1. The van der Waals surface area contributed by atoms with Crippen LogP contribution in [0.25, 0.3) is 0 Å². The molecule has 9 heteroatoms. The minimum atomic E-state index is 0.409. The third-order valence-electron chi connectivity index (χ3n) is 4.10. The maximum Gasteiger partial charge on any atom is 0.243 e. The topological polar surface area (TPSA) is 87.0 Å². The van der Waals surface area contributed by atoms with E-state index < -0.39 is 0 Å². The Morgan fingerprint density at radius 3 is 2.89 bits per heavy atom. The van der Waals surface area contributed by atoms with Crippen LogP contribution in [0.5, 0.6) is 11.5 Å². The van der Waals surface area contributed by atoms with Gasteiger partial charge in [0.05, 0.1) is 11.6 Å². The Morgan fingerprint density at radius 1 is 1.25 bits per heavy atom. The van der Waals surface area contributed by atoms with Crippen molar-refractivity contribution in [1.82, 2.24) is 25.2 Å². The Hall–Kier alpha value is -2.68. The van der Waals surface area contributed by atoms with Gasteiger partial charge < -0.3 is 14.8 Å². The minimum Gasteiger partial charge on any atom is -0.493 e. The molecule has 0 aliphatic carbocycles. The summed E-state index contributed by atoms with van der Waals surface area (Å²) < 4.78 is 14.1. The van der Waals surface area contributed by atoms with Crippen molar-refractivity contribution >= 4 is 21.9 Å². The number of unbranched alkanes of at least 4 members (excludes halogenated alkanes) is 1. The number of halogens is 1. The van der Waals surface area contributed by atoms with Gasteiger partial charge in [0.15, 0.2) is 11.5 Å². The molecule has 0 bridgehead atoms. The number of methoxy groups -OCH3 is 1. The summed E-state index contributed by atoms with van der Waals surface area (Å²) in [6, 6.07) is 7.78. The van der Waals surface area contributed by atoms with Crippen molar-refractivity contribution in [2.75, 3.05) is 12.4 Å². The molecule has 0 amide bonds. The molecule has 0 aliphatic rings. The molecule has 0 fully saturated rings. The van der Waals surface area contributed by atoms with E-state index in [1.54, 1.807) is 24.2 Å². The number of anilines is 1. The number of nitrogens with one attached hydrogen (secondary N) is 1. The average molecular weight is 447 g/mol. The van der Waals surface area contributed by atoms with Crippen molar-refractivity contribution in [2.24, 2.45) is 0 Å². The van der Waals surface area contributed by atoms with Gasteiger partial charge in [0, 0.05) is 31.0 Å². The van der Waals surface area contributed by atoms with Crippen LogP contribution >= 0.6 is 15.9 Å². The molecule has 0 saturated heterocycles. The van der Waals surface area contributed by atoms with Crippen LogP contribution in [0.1, 0.15) is 30.9 Å². The van der Waals surface area contributed by atoms with E-state index in [0.29, 0.717) is 30.6 Å². The Labute approximate surface area is 172 Å². The predicted octanol–water partition coefficient (Wildman–Crippen LogP) is 3.83. The smallest absolute Gasteiger partial charge is 0.243 e. The number of aromatic nitrogens is 5. The number of rotatable bonds is 10. The van der Waals surface area contributed by atoms with Gasteiger partial charge in [-0.05, 0) is 56.5 Å². The third-order valence-corrected chi connectivity index (χ3v) is 4.69. The molecule has 0 saturated carbocycles. The Balaban J connectivity index is 1.68. The van der Waals surface area contributed by atoms with E-state index in [0.717, 1.165) is 35.0 Å². The number of pyridine rings is 1. The zero-order chi connectivity index (χ0) is 19.8. The summed E-state index contributed by atoms with van der Waals surface area (Å²) in [7, 11) is 1.63. The highest BCUT2D eigenvalue weighted by atomic mass is 79.9. The molecule has 3 rings (SSSR count). The van der Waals surface area contributed by atoms with Gasteiger partial charge in [-0.2, -0.15) is 0 Å². The lowest BCUT2D eigenvalue weighted by Gasteiger charge is -2.15. The van der Waals surface area contributed by atoms with Crippen LogP contribution in [0, 0.1) is 0 Å². The lowest BCUT2D eigenvalue weighted by Crippen LogP contribution is -2.09. The number of ether oxygens (including phenoxy) is 2. The molecule has 2 aromatic heterocycles. The van der Waals surface area contributed by atoms with Crippen molar-refractivity contribution in [3.05, 3.63) is 52.3 Å². The van der Waals surface area contributed by atoms with Crippen molar-refractivity contribution in [1.29, 1.82) is 0 Å². The van der Waals surface area contributed by atoms with Gasteiger partial charge in [0.25, 0.3) is 0 Å². The van der Waals surface area contributed by atoms with Crippen molar-refractivity contribution < 1.29 is 9.47 Å². The lowest BCUT2D eigenvalue weighted by atomic mass is 10.2. The van der Waals surface area contributed by atoms with Crippen molar-refractivity contribution in [3.63, 3.8) is 0 Å². The van der Waals surface area contributed by atoms with Crippen molar-refractivity contribution in [2.45, 2.75) is 39.5 Å². The van der Waals surface area contributed by atoms with Crippen LogP contribution in [0.4, 0.5) is 5.95 Å². The van der Waals surface area contributed by atoms with Gasteiger partial charge >= 0.3 is 0 Å². The molecule has 0 atom stereocenters. The third kappa shape index (κ3) is 5.19. The van der Waals surface area contributed by atoms with E-state index in [2.05, 4.69) is 48.7 Å². The summed E-state index contributed by atoms with van der Waals surface area (Å²) in [4.78, 5) is 4.10. The second-order valence-corrected chi connectivity index (χ2v) is 7.05. The highest BCUT2D eigenvalue weighted by Gasteiger charge is 2.13. The quantitative estimate of drug-likeness (QED) is 0.506. The average Bonchev–Trinajstić information content (AvgIpc) is 3.17. The molecule has 1 N–H and O–H groups in total. The molecule has 3 aromatic rings. The zero-order valence-electron chi connectivity index (χ0n) is 15.9. The van der Waals surface area contributed by atoms with Gasteiger partial charge in [-0.3, -0.25) is 4.98 Å². The van der Waals surface area contributed by atoms with Crippen LogP contribution < -0.4 is 14.8 Å². The van der Waals surface area contributed by atoms with E-state index >= 15 is 0 Å². The predicted molar refractivity (Wildman–Crippen MR) is 109 cm³/mol. The molecule has 1 aromatic carbocycles. The molecule has 0 radical (unpaired) electrons. The molecule has 0 spiro atoms. The number of hydrogen-bond donors (Lipinski definition) is 1. The Morgan fingerprint density at radius 2 is 2.14 bits per heavy atom. The molecule has 8 nitrogen and oxygen atoms in total. The monoisotopic (exact) mass is 446 g/mol. The molecule has 0 unspecified atom stereocenters. The fourth-order valence-corrected chi connectivity index (χ4v) is 3.23. The van der Waals surface area contributed by atoms with E-state index in [4.69, 9.17) is 9.47 Å². The van der Waals surface area contributed by atoms with E-state index in [-0.39, 0.29) is 0 Å². The van der Waals surface area contributed by atoms with Crippen molar-refractivity contribution in [3.8, 4) is 11.5 Å². The summed E-state index contributed by atoms with van der Waals surface area (Å²) in [5.41, 5.74) is 2.00. The van der Waals surface area contributed by atoms with E-state index in [9.17, 15) is 0 Å². The van der Waals surface area contributed by atoms with Gasteiger partial charge in [-0.25, -0.2) is 4.68 Å². The highest BCUT2D eigenvalue weighted by Crippen LogP contribution is 2.37. The molecule has 2 heterocycles. The zero-order valence-corrected chi connectivity index (χ0v) is 17.5. The standard InChI is InChI=1S/C19H23BrN6O2/c1-3-4-8-26-19(23-24-25-26)22-12-15-9-16(20)18(17(10-15)27-2)28-13-14-6-5-7-21-11-14/h5-7,9-11H,3-4,8,12-13H2,1-2H3,(H,22,23,25). The maximum absolute atomic E-state index is 5.94. The second-order valence-electron chi connectivity index (χ2n) is 6.19. The number of hydrogen-bond acceptors (Lipinski definition) is 7. The van der Waals surface area contributed by atoms with Gasteiger partial charge in [0.2, 0.25) is 5.95 Å². The first-order valence-electron chi connectivity index (χ1n) is 9.09. The van der Waals surface area contributed by atoms with Crippen LogP contribution in [0.3, 0.4) is 0 Å². The fourth-order valence-electron chi connectivity index (χ4n) is 2.63. The first-order valence-corrected chi connectivity index (χ1v) is 9.88. The van der Waals surface area contributed by atoms with E-state index in [1.807, 2.05) is 24.3 Å². The van der Waals surface area contributed by atoms with Gasteiger partial charge in [-0.15, -0.1) is 0 Å². The van der Waals surface area contributed by atoms with Crippen LogP contribution in [0.15, 0.2) is 41.1 Å². The SMILES string of the molecule is CCCCn1nnnc1NCc1cc(Br)c(OCc2cccnc2)c(OC)c1. The molecule has 148 valence electrons. The molecule has 28 heavy (non-hydrogen) atoms. The number of nitrogens with zero attached hydrogens (tertiary/aromatic N) is 5. The van der Waals surface area contributed by atoms with Gasteiger partial charge in [0.1, 0.15) is 6.61 Å². The molecular formula is C19H23BrN6O2. The maximum atomic E-state index is 5.94. The fraction of sp³-hybridized carbons (Fsp3) is 0.368. The summed E-state index contributed by atoms with van der Waals surface area (Å²) in [5.74, 6) is 1.96. The molecule has 0 aliphatic heterocycles. The van der Waals surface area contributed by atoms with Crippen LogP contribution in [-0.2, 0) is 19.7 Å². The second kappa shape index (κ2) is 10.0. The largest absolute Gasteiger partial charge is 0.493 e. The first-order chi connectivity index (χ1) is 13.7. The number of tetrazole rings is 1. The minimum absolute atomic E-state index is 0.409. The summed E-state index contributed by atoms with van der Waals surface area (Å²) in [6.07, 6.45) is 5.63. The summed E-state index contributed by atoms with van der Waals surface area (Å²) >= 11 is 3.59. The van der Waals surface area contributed by atoms with Crippen LogP contribution in [-0.4, -0.2) is 32.3 Å². The van der Waals surface area contributed by atoms with Crippen LogP contribution in [0.2, 0.25) is 0 Å². The Kier molecular flexibility index (Phi) is 7.18. The highest BCUT2D eigenvalue weighted by molar-refractivity contribution is 9.10. The van der Waals surface area contributed by atoms with Gasteiger partial charge in [-0.1, -0.05) is 24.5 Å².